The SMILES string of the molecule is CC(C=O)CC(C)C(C)C. The van der Waals surface area contributed by atoms with Crippen LogP contribution in [0.4, 0.5) is 0 Å². The van der Waals surface area contributed by atoms with Gasteiger partial charge in [0, 0.05) is 5.92 Å². The van der Waals surface area contributed by atoms with E-state index in [1.54, 1.807) is 0 Å². The van der Waals surface area contributed by atoms with Crippen LogP contribution in [-0.2, 0) is 4.79 Å². The summed E-state index contributed by atoms with van der Waals surface area (Å²) < 4.78 is 0. The van der Waals surface area contributed by atoms with Crippen LogP contribution >= 0.6 is 0 Å². The van der Waals surface area contributed by atoms with Gasteiger partial charge in [0.15, 0.2) is 0 Å². The lowest BCUT2D eigenvalue weighted by molar-refractivity contribution is -0.111. The van der Waals surface area contributed by atoms with Crippen molar-refractivity contribution in [3.63, 3.8) is 0 Å². The van der Waals surface area contributed by atoms with Gasteiger partial charge in [-0.05, 0) is 18.3 Å². The number of aldehydes is 1. The maximum absolute atomic E-state index is 10.3. The molecule has 0 bridgehead atoms. The van der Waals surface area contributed by atoms with E-state index in [0.717, 1.165) is 12.7 Å². The lowest BCUT2D eigenvalue weighted by Gasteiger charge is -2.16. The van der Waals surface area contributed by atoms with Crippen LogP contribution in [0.15, 0.2) is 0 Å². The van der Waals surface area contributed by atoms with Crippen molar-refractivity contribution in [3.05, 3.63) is 0 Å². The van der Waals surface area contributed by atoms with E-state index in [0.29, 0.717) is 11.8 Å². The minimum atomic E-state index is 0.234. The first-order chi connectivity index (χ1) is 4.57. The molecule has 0 aromatic heterocycles. The Hall–Kier alpha value is -0.330. The molecule has 0 rings (SSSR count). The fourth-order valence-corrected chi connectivity index (χ4v) is 0.914. The summed E-state index contributed by atoms with van der Waals surface area (Å²) in [5.74, 6) is 1.60. The average Bonchev–Trinajstić information content (AvgIpc) is 1.87. The van der Waals surface area contributed by atoms with E-state index < -0.39 is 0 Å². The Bertz CT molecular complexity index is 96.9. The third-order valence-corrected chi connectivity index (χ3v) is 2.11. The Kier molecular flexibility index (Phi) is 4.33. The van der Waals surface area contributed by atoms with E-state index in [-0.39, 0.29) is 5.92 Å². The van der Waals surface area contributed by atoms with Crippen LogP contribution in [0.25, 0.3) is 0 Å². The van der Waals surface area contributed by atoms with Gasteiger partial charge in [-0.3, -0.25) is 0 Å². The van der Waals surface area contributed by atoms with Crippen LogP contribution in [0.3, 0.4) is 0 Å². The summed E-state index contributed by atoms with van der Waals surface area (Å²) in [4.78, 5) is 10.3. The highest BCUT2D eigenvalue weighted by Gasteiger charge is 2.10. The Morgan fingerprint density at radius 3 is 2.00 bits per heavy atom. The van der Waals surface area contributed by atoms with Gasteiger partial charge in [-0.15, -0.1) is 0 Å². The highest BCUT2D eigenvalue weighted by atomic mass is 16.1. The van der Waals surface area contributed by atoms with Gasteiger partial charge in [0.2, 0.25) is 0 Å². The summed E-state index contributed by atoms with van der Waals surface area (Å²) in [6.45, 7) is 8.57. The van der Waals surface area contributed by atoms with E-state index in [1.165, 1.54) is 0 Å². The lowest BCUT2D eigenvalue weighted by atomic mass is 9.89. The van der Waals surface area contributed by atoms with Crippen LogP contribution in [0, 0.1) is 17.8 Å². The fourth-order valence-electron chi connectivity index (χ4n) is 0.914. The average molecular weight is 142 g/mol. The summed E-state index contributed by atoms with van der Waals surface area (Å²) in [6, 6.07) is 0. The molecule has 0 fully saturated rings. The Morgan fingerprint density at radius 2 is 1.70 bits per heavy atom. The predicted molar refractivity (Wildman–Crippen MR) is 43.8 cm³/mol. The number of rotatable bonds is 4. The van der Waals surface area contributed by atoms with Crippen molar-refractivity contribution >= 4 is 6.29 Å². The largest absolute Gasteiger partial charge is 0.303 e. The zero-order chi connectivity index (χ0) is 8.15. The van der Waals surface area contributed by atoms with Gasteiger partial charge in [-0.2, -0.15) is 0 Å². The third kappa shape index (κ3) is 3.65. The molecule has 0 aliphatic rings. The molecule has 0 N–H and O–H groups in total. The molecule has 1 nitrogen and oxygen atoms in total. The van der Waals surface area contributed by atoms with Crippen molar-refractivity contribution in [2.75, 3.05) is 0 Å². The molecule has 2 atom stereocenters. The van der Waals surface area contributed by atoms with Gasteiger partial charge in [-0.25, -0.2) is 0 Å². The van der Waals surface area contributed by atoms with E-state index in [1.807, 2.05) is 6.92 Å². The number of carbonyl (C=O) groups excluding carboxylic acids is 1. The molecule has 0 aliphatic heterocycles. The number of hydrogen-bond donors (Lipinski definition) is 0. The maximum atomic E-state index is 10.3. The predicted octanol–water partition coefficient (Wildman–Crippen LogP) is 2.50. The first-order valence-electron chi connectivity index (χ1n) is 4.03. The minimum Gasteiger partial charge on any atom is -0.303 e. The normalized spacial score (nSPS) is 16.9. The minimum absolute atomic E-state index is 0.234. The summed E-state index contributed by atoms with van der Waals surface area (Å²) in [6.07, 6.45) is 2.07. The van der Waals surface area contributed by atoms with Crippen molar-refractivity contribution in [1.82, 2.24) is 0 Å². The second-order valence-electron chi connectivity index (χ2n) is 3.57. The second kappa shape index (κ2) is 4.48. The number of carbonyl (C=O) groups is 1. The van der Waals surface area contributed by atoms with Crippen LogP contribution in [0.1, 0.15) is 34.1 Å². The molecule has 60 valence electrons. The quantitative estimate of drug-likeness (QED) is 0.551. The third-order valence-electron chi connectivity index (χ3n) is 2.11. The first kappa shape index (κ1) is 9.67. The lowest BCUT2D eigenvalue weighted by Crippen LogP contribution is -2.09. The van der Waals surface area contributed by atoms with Crippen molar-refractivity contribution in [2.24, 2.45) is 17.8 Å². The second-order valence-corrected chi connectivity index (χ2v) is 3.57. The van der Waals surface area contributed by atoms with E-state index >= 15 is 0 Å². The van der Waals surface area contributed by atoms with Crippen LogP contribution in [0.5, 0.6) is 0 Å². The van der Waals surface area contributed by atoms with E-state index in [2.05, 4.69) is 20.8 Å². The number of hydrogen-bond acceptors (Lipinski definition) is 1. The molecule has 0 amide bonds. The Labute approximate surface area is 63.8 Å². The monoisotopic (exact) mass is 142 g/mol. The molecule has 2 unspecified atom stereocenters. The van der Waals surface area contributed by atoms with Crippen LogP contribution in [0.2, 0.25) is 0 Å². The molecule has 0 radical (unpaired) electrons. The van der Waals surface area contributed by atoms with Gasteiger partial charge >= 0.3 is 0 Å². The molecular formula is C9H18O. The summed E-state index contributed by atoms with van der Waals surface area (Å²) in [5, 5.41) is 0. The summed E-state index contributed by atoms with van der Waals surface area (Å²) in [7, 11) is 0. The van der Waals surface area contributed by atoms with Crippen LogP contribution in [-0.4, -0.2) is 6.29 Å². The van der Waals surface area contributed by atoms with Gasteiger partial charge in [-0.1, -0.05) is 27.7 Å². The fraction of sp³-hybridized carbons (Fsp3) is 0.889. The Balaban J connectivity index is 3.56. The molecule has 10 heavy (non-hydrogen) atoms. The van der Waals surface area contributed by atoms with Crippen LogP contribution < -0.4 is 0 Å². The van der Waals surface area contributed by atoms with Crippen molar-refractivity contribution in [1.29, 1.82) is 0 Å². The van der Waals surface area contributed by atoms with Crippen molar-refractivity contribution in [3.8, 4) is 0 Å². The van der Waals surface area contributed by atoms with Gasteiger partial charge in [0.25, 0.3) is 0 Å². The molecule has 0 aromatic rings. The molecule has 0 aliphatic carbocycles. The highest BCUT2D eigenvalue weighted by Crippen LogP contribution is 2.17. The first-order valence-corrected chi connectivity index (χ1v) is 4.03. The molecule has 0 heterocycles. The van der Waals surface area contributed by atoms with Gasteiger partial charge in [0.05, 0.1) is 0 Å². The van der Waals surface area contributed by atoms with E-state index in [4.69, 9.17) is 0 Å². The van der Waals surface area contributed by atoms with Crippen molar-refractivity contribution < 1.29 is 4.79 Å². The Morgan fingerprint density at radius 1 is 1.20 bits per heavy atom. The zero-order valence-electron chi connectivity index (χ0n) is 7.42. The zero-order valence-corrected chi connectivity index (χ0v) is 7.42. The van der Waals surface area contributed by atoms with E-state index in [9.17, 15) is 4.79 Å². The molecule has 0 spiro atoms. The maximum Gasteiger partial charge on any atom is 0.122 e. The topological polar surface area (TPSA) is 17.1 Å². The molecule has 0 aromatic carbocycles. The molecular weight excluding hydrogens is 124 g/mol. The van der Waals surface area contributed by atoms with Gasteiger partial charge in [0.1, 0.15) is 6.29 Å². The highest BCUT2D eigenvalue weighted by molar-refractivity contribution is 5.52. The smallest absolute Gasteiger partial charge is 0.122 e. The summed E-state index contributed by atoms with van der Waals surface area (Å²) >= 11 is 0. The van der Waals surface area contributed by atoms with Crippen molar-refractivity contribution in [2.45, 2.75) is 34.1 Å². The molecule has 1 heteroatoms. The van der Waals surface area contributed by atoms with Gasteiger partial charge < -0.3 is 4.79 Å². The molecule has 0 saturated heterocycles. The standard InChI is InChI=1S/C9H18O/c1-7(2)9(4)5-8(3)6-10/h6-9H,5H2,1-4H3. The summed E-state index contributed by atoms with van der Waals surface area (Å²) in [5.41, 5.74) is 0. The molecule has 0 saturated carbocycles.